The Morgan fingerprint density at radius 1 is 1.06 bits per heavy atom. The molecule has 33 heavy (non-hydrogen) atoms. The third-order valence-corrected chi connectivity index (χ3v) is 5.82. The van der Waals surface area contributed by atoms with Crippen LogP contribution in [-0.4, -0.2) is 39.4 Å². The van der Waals surface area contributed by atoms with Crippen LogP contribution in [0.5, 0.6) is 17.2 Å². The van der Waals surface area contributed by atoms with Crippen molar-refractivity contribution < 1.29 is 27.8 Å². The van der Waals surface area contributed by atoms with E-state index in [0.29, 0.717) is 29.4 Å². The number of nitrogens with zero attached hydrogens (tertiary/aromatic N) is 1. The molecule has 0 unspecified atom stereocenters. The molecule has 9 nitrogen and oxygen atoms in total. The molecule has 0 heterocycles. The summed E-state index contributed by atoms with van der Waals surface area (Å²) in [6.45, 7) is 2.33. The highest BCUT2D eigenvalue weighted by atomic mass is 32.2. The first-order valence-electron chi connectivity index (χ1n) is 9.88. The third-order valence-electron chi connectivity index (χ3n) is 4.43. The highest BCUT2D eigenvalue weighted by molar-refractivity contribution is 7.92. The van der Waals surface area contributed by atoms with E-state index >= 15 is 0 Å². The van der Waals surface area contributed by atoms with Gasteiger partial charge in [0.2, 0.25) is 0 Å². The van der Waals surface area contributed by atoms with Crippen LogP contribution in [0.15, 0.2) is 76.7 Å². The van der Waals surface area contributed by atoms with E-state index in [1.54, 1.807) is 24.3 Å². The minimum absolute atomic E-state index is 0.0453. The van der Waals surface area contributed by atoms with E-state index in [1.165, 1.54) is 55.8 Å². The lowest BCUT2D eigenvalue weighted by Gasteiger charge is -2.09. The molecule has 0 saturated heterocycles. The van der Waals surface area contributed by atoms with Crippen LogP contribution >= 0.6 is 0 Å². The van der Waals surface area contributed by atoms with Crippen LogP contribution in [0.1, 0.15) is 22.8 Å². The van der Waals surface area contributed by atoms with Crippen molar-refractivity contribution in [1.82, 2.24) is 5.43 Å². The SMILES string of the molecule is CCOc1ccc(S(=O)(=O)Nc2ccc(C(=O)N/N=C/c3ccc(OC)c(O)c3)cc2)cc1. The minimum atomic E-state index is -3.79. The maximum absolute atomic E-state index is 12.6. The number of sulfonamides is 1. The van der Waals surface area contributed by atoms with Crippen molar-refractivity contribution in [2.75, 3.05) is 18.4 Å². The largest absolute Gasteiger partial charge is 0.504 e. The van der Waals surface area contributed by atoms with E-state index in [-0.39, 0.29) is 16.2 Å². The van der Waals surface area contributed by atoms with Gasteiger partial charge in [0.05, 0.1) is 24.8 Å². The van der Waals surface area contributed by atoms with Crippen molar-refractivity contribution in [3.05, 3.63) is 77.9 Å². The smallest absolute Gasteiger partial charge is 0.271 e. The van der Waals surface area contributed by atoms with Gasteiger partial charge < -0.3 is 14.6 Å². The fourth-order valence-electron chi connectivity index (χ4n) is 2.80. The molecular weight excluding hydrogens is 446 g/mol. The number of nitrogens with one attached hydrogen (secondary N) is 2. The number of phenols is 1. The fourth-order valence-corrected chi connectivity index (χ4v) is 3.86. The number of rotatable bonds is 9. The van der Waals surface area contributed by atoms with Gasteiger partial charge in [0.1, 0.15) is 5.75 Å². The molecule has 3 aromatic rings. The number of methoxy groups -OCH3 is 1. The van der Waals surface area contributed by atoms with Crippen molar-refractivity contribution >= 4 is 27.8 Å². The molecule has 3 N–H and O–H groups in total. The number of amides is 1. The summed E-state index contributed by atoms with van der Waals surface area (Å²) in [6.07, 6.45) is 1.37. The average molecular weight is 470 g/mol. The van der Waals surface area contributed by atoms with Crippen molar-refractivity contribution in [1.29, 1.82) is 0 Å². The van der Waals surface area contributed by atoms with E-state index in [2.05, 4.69) is 15.2 Å². The lowest BCUT2D eigenvalue weighted by Crippen LogP contribution is -2.18. The molecule has 0 spiro atoms. The normalized spacial score (nSPS) is 11.2. The second-order valence-corrected chi connectivity index (χ2v) is 8.40. The number of phenolic OH excluding ortho intramolecular Hbond substituents is 1. The number of hydrogen-bond acceptors (Lipinski definition) is 7. The van der Waals surface area contributed by atoms with Crippen molar-refractivity contribution in [3.63, 3.8) is 0 Å². The number of carbonyl (C=O) groups is 1. The van der Waals surface area contributed by atoms with Gasteiger partial charge in [0.25, 0.3) is 15.9 Å². The lowest BCUT2D eigenvalue weighted by molar-refractivity contribution is 0.0955. The zero-order valence-electron chi connectivity index (χ0n) is 18.0. The number of hydrogen-bond donors (Lipinski definition) is 3. The molecular formula is C23H23N3O6S. The predicted octanol–water partition coefficient (Wildman–Crippen LogP) is 3.36. The number of aromatic hydroxyl groups is 1. The Labute approximate surface area is 191 Å². The van der Waals surface area contributed by atoms with Gasteiger partial charge in [-0.25, -0.2) is 13.8 Å². The van der Waals surface area contributed by atoms with Crippen LogP contribution in [0.4, 0.5) is 5.69 Å². The zero-order valence-corrected chi connectivity index (χ0v) is 18.8. The van der Waals surface area contributed by atoms with Gasteiger partial charge in [0.15, 0.2) is 11.5 Å². The molecule has 3 aromatic carbocycles. The van der Waals surface area contributed by atoms with E-state index < -0.39 is 15.9 Å². The van der Waals surface area contributed by atoms with Crippen LogP contribution in [0.2, 0.25) is 0 Å². The maximum Gasteiger partial charge on any atom is 0.271 e. The molecule has 3 rings (SSSR count). The fraction of sp³-hybridized carbons (Fsp3) is 0.130. The number of ether oxygens (including phenoxy) is 2. The van der Waals surface area contributed by atoms with Crippen molar-refractivity contribution in [2.45, 2.75) is 11.8 Å². The maximum atomic E-state index is 12.6. The molecule has 0 atom stereocenters. The number of carbonyl (C=O) groups excluding carboxylic acids is 1. The summed E-state index contributed by atoms with van der Waals surface area (Å²) in [5.74, 6) is 0.383. The molecule has 0 aromatic heterocycles. The standard InChI is InChI=1S/C23H23N3O6S/c1-3-32-19-9-11-20(12-10-19)33(29,30)26-18-7-5-17(6-8-18)23(28)25-24-15-16-4-13-22(31-2)21(27)14-16/h4-15,26-27H,3H2,1-2H3,(H,25,28)/b24-15+. The molecule has 1 amide bonds. The van der Waals surface area contributed by atoms with Gasteiger partial charge >= 0.3 is 0 Å². The van der Waals surface area contributed by atoms with E-state index in [9.17, 15) is 18.3 Å². The molecule has 0 radical (unpaired) electrons. The first-order valence-corrected chi connectivity index (χ1v) is 11.4. The lowest BCUT2D eigenvalue weighted by atomic mass is 10.2. The Morgan fingerprint density at radius 3 is 2.36 bits per heavy atom. The summed E-state index contributed by atoms with van der Waals surface area (Å²) in [5, 5.41) is 13.6. The molecule has 0 aliphatic heterocycles. The predicted molar refractivity (Wildman–Crippen MR) is 125 cm³/mol. The molecule has 0 aliphatic rings. The van der Waals surface area contributed by atoms with Gasteiger partial charge in [0, 0.05) is 11.3 Å². The second-order valence-electron chi connectivity index (χ2n) is 6.72. The molecule has 0 fully saturated rings. The van der Waals surface area contributed by atoms with Gasteiger partial charge in [-0.3, -0.25) is 9.52 Å². The Bertz CT molecular complexity index is 1240. The van der Waals surface area contributed by atoms with Gasteiger partial charge in [-0.05, 0) is 79.2 Å². The van der Waals surface area contributed by atoms with Crippen molar-refractivity contribution in [3.8, 4) is 17.2 Å². The second kappa shape index (κ2) is 10.5. The minimum Gasteiger partial charge on any atom is -0.504 e. The number of benzene rings is 3. The quantitative estimate of drug-likeness (QED) is 0.326. The van der Waals surface area contributed by atoms with E-state index in [1.807, 2.05) is 6.92 Å². The third kappa shape index (κ3) is 6.23. The van der Waals surface area contributed by atoms with Crippen LogP contribution in [-0.2, 0) is 10.0 Å². The molecule has 0 bridgehead atoms. The Balaban J connectivity index is 1.60. The zero-order chi connectivity index (χ0) is 23.8. The number of hydrazone groups is 1. The summed E-state index contributed by atoms with van der Waals surface area (Å²) in [4.78, 5) is 12.4. The topological polar surface area (TPSA) is 126 Å². The Hall–Kier alpha value is -4.05. The van der Waals surface area contributed by atoms with Crippen LogP contribution in [0.3, 0.4) is 0 Å². The monoisotopic (exact) mass is 469 g/mol. The summed E-state index contributed by atoms with van der Waals surface area (Å²) in [5.41, 5.74) is 3.52. The highest BCUT2D eigenvalue weighted by Crippen LogP contribution is 2.25. The Kier molecular flexibility index (Phi) is 7.52. The Morgan fingerprint density at radius 2 is 1.76 bits per heavy atom. The molecule has 10 heteroatoms. The summed E-state index contributed by atoms with van der Waals surface area (Å²) >= 11 is 0. The molecule has 0 saturated carbocycles. The van der Waals surface area contributed by atoms with Crippen molar-refractivity contribution in [2.24, 2.45) is 5.10 Å². The van der Waals surface area contributed by atoms with Crippen LogP contribution in [0, 0.1) is 0 Å². The van der Waals surface area contributed by atoms with E-state index in [0.717, 1.165) is 0 Å². The van der Waals surface area contributed by atoms with Crippen LogP contribution < -0.4 is 19.6 Å². The summed E-state index contributed by atoms with van der Waals surface area (Å²) in [6, 6.07) is 16.7. The highest BCUT2D eigenvalue weighted by Gasteiger charge is 2.15. The molecule has 172 valence electrons. The first kappa shape index (κ1) is 23.6. The van der Waals surface area contributed by atoms with E-state index in [4.69, 9.17) is 9.47 Å². The number of anilines is 1. The molecule has 0 aliphatic carbocycles. The average Bonchev–Trinajstić information content (AvgIpc) is 2.80. The summed E-state index contributed by atoms with van der Waals surface area (Å²) in [7, 11) is -2.35. The summed E-state index contributed by atoms with van der Waals surface area (Å²) < 4.78 is 37.9. The van der Waals surface area contributed by atoms with Gasteiger partial charge in [-0.15, -0.1) is 0 Å². The van der Waals surface area contributed by atoms with Gasteiger partial charge in [-0.2, -0.15) is 5.10 Å². The van der Waals surface area contributed by atoms with Crippen LogP contribution in [0.25, 0.3) is 0 Å². The first-order chi connectivity index (χ1) is 15.8. The van der Waals surface area contributed by atoms with Gasteiger partial charge in [-0.1, -0.05) is 0 Å².